The van der Waals surface area contributed by atoms with Crippen LogP contribution in [-0.4, -0.2) is 21.6 Å². The van der Waals surface area contributed by atoms with Gasteiger partial charge in [0, 0.05) is 36.7 Å². The van der Waals surface area contributed by atoms with Crippen molar-refractivity contribution in [2.24, 2.45) is 0 Å². The molecule has 0 fully saturated rings. The molecule has 104 valence electrons. The fraction of sp³-hybridized carbons (Fsp3) is 0.231. The van der Waals surface area contributed by atoms with Gasteiger partial charge in [-0.3, -0.25) is 0 Å². The molecule has 2 N–H and O–H groups in total. The van der Waals surface area contributed by atoms with E-state index in [1.165, 1.54) is 13.2 Å². The number of fused-ring (bicyclic) bond motifs is 1. The van der Waals surface area contributed by atoms with Crippen LogP contribution >= 0.6 is 11.3 Å². The molecule has 0 aliphatic rings. The van der Waals surface area contributed by atoms with E-state index in [1.54, 1.807) is 23.6 Å². The summed E-state index contributed by atoms with van der Waals surface area (Å²) in [4.78, 5) is 8.41. The first kappa shape index (κ1) is 12.9. The minimum absolute atomic E-state index is 0.188. The van der Waals surface area contributed by atoms with Gasteiger partial charge in [-0.05, 0) is 0 Å². The second-order valence-electron chi connectivity index (χ2n) is 4.27. The molecule has 3 rings (SSSR count). The van der Waals surface area contributed by atoms with Gasteiger partial charge in [0.15, 0.2) is 11.6 Å². The van der Waals surface area contributed by atoms with E-state index >= 15 is 0 Å². The van der Waals surface area contributed by atoms with Gasteiger partial charge >= 0.3 is 0 Å². The molecule has 5 nitrogen and oxygen atoms in total. The zero-order valence-electron chi connectivity index (χ0n) is 10.8. The number of aromatic nitrogens is 3. The summed E-state index contributed by atoms with van der Waals surface area (Å²) in [6.07, 6.45) is 2.53. The Morgan fingerprint density at radius 1 is 1.45 bits per heavy atom. The van der Waals surface area contributed by atoms with Crippen LogP contribution in [0.1, 0.15) is 5.01 Å². The Morgan fingerprint density at radius 2 is 2.30 bits per heavy atom. The zero-order valence-corrected chi connectivity index (χ0v) is 11.7. The van der Waals surface area contributed by atoms with Gasteiger partial charge in [0.25, 0.3) is 0 Å². The van der Waals surface area contributed by atoms with Crippen LogP contribution in [0.15, 0.2) is 23.7 Å². The molecular weight excluding hydrogens is 279 g/mol. The van der Waals surface area contributed by atoms with Crippen LogP contribution in [0.5, 0.6) is 5.75 Å². The smallest absolute Gasteiger partial charge is 0.201 e. The van der Waals surface area contributed by atoms with Gasteiger partial charge in [-0.2, -0.15) is 0 Å². The van der Waals surface area contributed by atoms with Gasteiger partial charge in [-0.15, -0.1) is 11.3 Å². The number of thiazole rings is 1. The highest BCUT2D eigenvalue weighted by molar-refractivity contribution is 7.09. The predicted octanol–water partition coefficient (Wildman–Crippen LogP) is 2.47. The molecule has 0 amide bonds. The lowest BCUT2D eigenvalue weighted by molar-refractivity contribution is 0.387. The first-order valence-electron chi connectivity index (χ1n) is 6.06. The van der Waals surface area contributed by atoms with Crippen molar-refractivity contribution in [2.45, 2.75) is 13.0 Å². The number of benzene rings is 1. The summed E-state index contributed by atoms with van der Waals surface area (Å²) in [5.41, 5.74) is 7.20. The second kappa shape index (κ2) is 5.09. The molecular formula is C13H13FN4OS. The topological polar surface area (TPSA) is 66.0 Å². The zero-order chi connectivity index (χ0) is 14.1. The molecule has 1 aromatic carbocycles. The highest BCUT2D eigenvalue weighted by Crippen LogP contribution is 2.26. The maximum Gasteiger partial charge on any atom is 0.201 e. The fourth-order valence-electron chi connectivity index (χ4n) is 2.12. The number of ether oxygens (including phenoxy) is 1. The maximum absolute atomic E-state index is 13.6. The van der Waals surface area contributed by atoms with Crippen LogP contribution in [0.3, 0.4) is 0 Å². The quantitative estimate of drug-likeness (QED) is 0.802. The van der Waals surface area contributed by atoms with E-state index in [0.717, 1.165) is 16.9 Å². The highest BCUT2D eigenvalue weighted by Gasteiger charge is 2.13. The third-order valence-corrected chi connectivity index (χ3v) is 3.92. The van der Waals surface area contributed by atoms with Gasteiger partial charge in [-0.25, -0.2) is 14.4 Å². The van der Waals surface area contributed by atoms with Crippen molar-refractivity contribution in [3.63, 3.8) is 0 Å². The molecule has 20 heavy (non-hydrogen) atoms. The van der Waals surface area contributed by atoms with Crippen molar-refractivity contribution >= 4 is 28.3 Å². The van der Waals surface area contributed by atoms with Crippen molar-refractivity contribution in [1.29, 1.82) is 0 Å². The summed E-state index contributed by atoms with van der Waals surface area (Å²) in [7, 11) is 1.43. The first-order valence-corrected chi connectivity index (χ1v) is 6.94. The van der Waals surface area contributed by atoms with E-state index in [1.807, 2.05) is 9.95 Å². The Bertz CT molecular complexity index is 738. The lowest BCUT2D eigenvalue weighted by Crippen LogP contribution is -2.05. The van der Waals surface area contributed by atoms with Crippen molar-refractivity contribution in [2.75, 3.05) is 12.8 Å². The van der Waals surface area contributed by atoms with Crippen LogP contribution < -0.4 is 10.5 Å². The Hall–Kier alpha value is -2.15. The molecule has 3 aromatic rings. The maximum atomic E-state index is 13.6. The van der Waals surface area contributed by atoms with E-state index in [4.69, 9.17) is 10.5 Å². The molecule has 0 spiro atoms. The van der Waals surface area contributed by atoms with Gasteiger partial charge in [-0.1, -0.05) is 0 Å². The Kier molecular flexibility index (Phi) is 3.27. The van der Waals surface area contributed by atoms with Crippen molar-refractivity contribution < 1.29 is 9.13 Å². The van der Waals surface area contributed by atoms with Crippen molar-refractivity contribution in [1.82, 2.24) is 14.5 Å². The minimum atomic E-state index is -0.440. The van der Waals surface area contributed by atoms with E-state index in [-0.39, 0.29) is 5.75 Å². The van der Waals surface area contributed by atoms with E-state index < -0.39 is 5.82 Å². The first-order chi connectivity index (χ1) is 9.69. The number of hydrogen-bond donors (Lipinski definition) is 1. The van der Waals surface area contributed by atoms with Crippen LogP contribution in [0.2, 0.25) is 0 Å². The molecule has 7 heteroatoms. The van der Waals surface area contributed by atoms with Crippen LogP contribution in [-0.2, 0) is 13.0 Å². The lowest BCUT2D eigenvalue weighted by atomic mass is 10.2. The number of aryl methyl sites for hydroxylation is 2. The number of halogens is 1. The number of methoxy groups -OCH3 is 1. The van der Waals surface area contributed by atoms with E-state index in [0.29, 0.717) is 18.0 Å². The van der Waals surface area contributed by atoms with Crippen LogP contribution in [0, 0.1) is 5.82 Å². The molecule has 0 bridgehead atoms. The summed E-state index contributed by atoms with van der Waals surface area (Å²) in [5, 5.41) is 2.96. The molecule has 0 saturated heterocycles. The number of nitrogens with zero attached hydrogens (tertiary/aromatic N) is 3. The molecule has 0 radical (unpaired) electrons. The summed E-state index contributed by atoms with van der Waals surface area (Å²) in [5.74, 6) is 0.113. The number of hydrogen-bond acceptors (Lipinski definition) is 5. The summed E-state index contributed by atoms with van der Waals surface area (Å²) in [6.45, 7) is 0.643. The predicted molar refractivity (Wildman–Crippen MR) is 76.5 cm³/mol. The molecule has 0 saturated carbocycles. The Morgan fingerprint density at radius 3 is 3.00 bits per heavy atom. The van der Waals surface area contributed by atoms with Crippen molar-refractivity contribution in [3.05, 3.63) is 34.5 Å². The van der Waals surface area contributed by atoms with Gasteiger partial charge in [0.1, 0.15) is 0 Å². The fourth-order valence-corrected chi connectivity index (χ4v) is 2.73. The lowest BCUT2D eigenvalue weighted by Gasteiger charge is -2.06. The standard InChI is InChI=1S/C13H13FN4OS/c1-19-11-7-10-9(6-8(11)14)17-13(15)18(10)4-2-12-16-3-5-20-12/h3,5-7H,2,4H2,1H3,(H2,15,17). The Labute approximate surface area is 118 Å². The van der Waals surface area contributed by atoms with Gasteiger partial charge < -0.3 is 15.0 Å². The molecule has 0 atom stereocenters. The SMILES string of the molecule is COc1cc2c(cc1F)nc(N)n2CCc1nccs1. The van der Waals surface area contributed by atoms with Crippen LogP contribution in [0.25, 0.3) is 11.0 Å². The average Bonchev–Trinajstić information content (AvgIpc) is 3.03. The minimum Gasteiger partial charge on any atom is -0.494 e. The Balaban J connectivity index is 1.98. The third-order valence-electron chi connectivity index (χ3n) is 3.08. The van der Waals surface area contributed by atoms with E-state index in [2.05, 4.69) is 9.97 Å². The largest absolute Gasteiger partial charge is 0.494 e. The highest BCUT2D eigenvalue weighted by atomic mass is 32.1. The summed E-state index contributed by atoms with van der Waals surface area (Å²) >= 11 is 1.60. The second-order valence-corrected chi connectivity index (χ2v) is 5.25. The third kappa shape index (κ3) is 2.20. The molecule has 0 aliphatic carbocycles. The number of imidazole rings is 1. The van der Waals surface area contributed by atoms with Crippen molar-refractivity contribution in [3.8, 4) is 5.75 Å². The number of anilines is 1. The molecule has 2 aromatic heterocycles. The summed E-state index contributed by atoms with van der Waals surface area (Å²) < 4.78 is 20.5. The average molecular weight is 292 g/mol. The van der Waals surface area contributed by atoms with Crippen LogP contribution in [0.4, 0.5) is 10.3 Å². The summed E-state index contributed by atoms with van der Waals surface area (Å²) in [6, 6.07) is 2.96. The molecule has 0 aliphatic heterocycles. The molecule has 0 unspecified atom stereocenters. The number of nitrogens with two attached hydrogens (primary N) is 1. The monoisotopic (exact) mass is 292 g/mol. The number of nitrogen functional groups attached to an aromatic ring is 1. The van der Waals surface area contributed by atoms with Gasteiger partial charge in [0.2, 0.25) is 5.95 Å². The van der Waals surface area contributed by atoms with Gasteiger partial charge in [0.05, 0.1) is 23.2 Å². The molecule has 2 heterocycles. The normalized spacial score (nSPS) is 11.1. The van der Waals surface area contributed by atoms with E-state index in [9.17, 15) is 4.39 Å². The number of rotatable bonds is 4.